The zero-order valence-corrected chi connectivity index (χ0v) is 8.06. The molecule has 1 aliphatic heterocycles. The molecule has 0 aliphatic carbocycles. The van der Waals surface area contributed by atoms with Gasteiger partial charge in [-0.15, -0.1) is 5.92 Å². The van der Waals surface area contributed by atoms with Gasteiger partial charge in [0.2, 0.25) is 0 Å². The first-order chi connectivity index (χ1) is 5.83. The van der Waals surface area contributed by atoms with Gasteiger partial charge in [0.15, 0.2) is 0 Å². The van der Waals surface area contributed by atoms with Gasteiger partial charge in [0.1, 0.15) is 0 Å². The monoisotopic (exact) mass is 166 g/mol. The van der Waals surface area contributed by atoms with Crippen LogP contribution in [0.25, 0.3) is 0 Å². The van der Waals surface area contributed by atoms with Crippen LogP contribution >= 0.6 is 0 Å². The minimum Gasteiger partial charge on any atom is -0.309 e. The first kappa shape index (κ1) is 9.57. The maximum Gasteiger partial charge on any atom is 0.0574 e. The lowest BCUT2D eigenvalue weighted by Gasteiger charge is -2.05. The second kappa shape index (κ2) is 5.18. The molecule has 0 spiro atoms. The van der Waals surface area contributed by atoms with E-state index in [0.29, 0.717) is 0 Å². The third kappa shape index (κ3) is 3.25. The molecule has 1 fully saturated rings. The number of nitrogens with one attached hydrogen (secondary N) is 1. The molecule has 0 amide bonds. The fourth-order valence-corrected chi connectivity index (χ4v) is 1.56. The highest BCUT2D eigenvalue weighted by molar-refractivity contribution is 5.02. The number of hydrogen-bond acceptors (Lipinski definition) is 2. The van der Waals surface area contributed by atoms with E-state index in [0.717, 1.165) is 18.9 Å². The summed E-state index contributed by atoms with van der Waals surface area (Å²) in [5, 5.41) is 3.02. The maximum absolute atomic E-state index is 3.21. The van der Waals surface area contributed by atoms with Crippen molar-refractivity contribution in [1.82, 2.24) is 10.2 Å². The van der Waals surface area contributed by atoms with Crippen molar-refractivity contribution in [3.8, 4) is 11.8 Å². The maximum atomic E-state index is 3.21. The van der Waals surface area contributed by atoms with Crippen LogP contribution in [0.2, 0.25) is 0 Å². The summed E-state index contributed by atoms with van der Waals surface area (Å²) in [4.78, 5) is 2.38. The summed E-state index contributed by atoms with van der Waals surface area (Å²) in [5.74, 6) is 7.13. The molecule has 1 aliphatic rings. The summed E-state index contributed by atoms with van der Waals surface area (Å²) in [6, 6.07) is 0. The standard InChI is InChI=1S/C10H18N2/c1-11-7-4-3-5-10-6-8-12(2)9-10/h10-11H,5-9H2,1-2H3. The van der Waals surface area contributed by atoms with Crippen LogP contribution in [-0.2, 0) is 0 Å². The van der Waals surface area contributed by atoms with Crippen molar-refractivity contribution in [2.24, 2.45) is 5.92 Å². The highest BCUT2D eigenvalue weighted by atomic mass is 15.1. The lowest BCUT2D eigenvalue weighted by Crippen LogP contribution is -2.13. The highest BCUT2D eigenvalue weighted by Gasteiger charge is 2.17. The van der Waals surface area contributed by atoms with Crippen LogP contribution in [0.4, 0.5) is 0 Å². The lowest BCUT2D eigenvalue weighted by atomic mass is 10.1. The second-order valence-electron chi connectivity index (χ2n) is 3.50. The van der Waals surface area contributed by atoms with Gasteiger partial charge in [0.25, 0.3) is 0 Å². The van der Waals surface area contributed by atoms with Gasteiger partial charge < -0.3 is 10.2 Å². The van der Waals surface area contributed by atoms with Crippen LogP contribution in [0.3, 0.4) is 0 Å². The summed E-state index contributed by atoms with van der Waals surface area (Å²) in [7, 11) is 4.11. The van der Waals surface area contributed by atoms with Crippen LogP contribution in [0.15, 0.2) is 0 Å². The van der Waals surface area contributed by atoms with Crippen LogP contribution in [0.1, 0.15) is 12.8 Å². The van der Waals surface area contributed by atoms with Gasteiger partial charge in [-0.2, -0.15) is 0 Å². The summed E-state index contributed by atoms with van der Waals surface area (Å²) in [6.07, 6.45) is 2.40. The fourth-order valence-electron chi connectivity index (χ4n) is 1.56. The molecule has 0 saturated carbocycles. The Kier molecular flexibility index (Phi) is 4.13. The first-order valence-electron chi connectivity index (χ1n) is 4.62. The van der Waals surface area contributed by atoms with E-state index in [-0.39, 0.29) is 0 Å². The summed E-state index contributed by atoms with van der Waals surface area (Å²) >= 11 is 0. The average molecular weight is 166 g/mol. The molecule has 0 bridgehead atoms. The molecule has 0 aromatic rings. The van der Waals surface area contributed by atoms with Crippen molar-refractivity contribution in [3.05, 3.63) is 0 Å². The first-order valence-corrected chi connectivity index (χ1v) is 4.62. The largest absolute Gasteiger partial charge is 0.309 e. The predicted molar refractivity (Wildman–Crippen MR) is 51.9 cm³/mol. The second-order valence-corrected chi connectivity index (χ2v) is 3.50. The zero-order valence-electron chi connectivity index (χ0n) is 8.06. The van der Waals surface area contributed by atoms with Crippen LogP contribution in [0.5, 0.6) is 0 Å². The average Bonchev–Trinajstić information content (AvgIpc) is 2.45. The van der Waals surface area contributed by atoms with Gasteiger partial charge in [-0.1, -0.05) is 5.92 Å². The summed E-state index contributed by atoms with van der Waals surface area (Å²) in [5.41, 5.74) is 0. The molecule has 1 heterocycles. The van der Waals surface area contributed by atoms with E-state index in [1.54, 1.807) is 0 Å². The molecule has 12 heavy (non-hydrogen) atoms. The van der Waals surface area contributed by atoms with E-state index in [1.165, 1.54) is 19.5 Å². The van der Waals surface area contributed by atoms with E-state index < -0.39 is 0 Å². The molecule has 1 N–H and O–H groups in total. The van der Waals surface area contributed by atoms with Crippen LogP contribution in [-0.4, -0.2) is 38.6 Å². The van der Waals surface area contributed by atoms with Gasteiger partial charge in [-0.05, 0) is 33.0 Å². The van der Waals surface area contributed by atoms with E-state index in [9.17, 15) is 0 Å². The Hall–Kier alpha value is -0.520. The fraction of sp³-hybridized carbons (Fsp3) is 0.800. The van der Waals surface area contributed by atoms with Gasteiger partial charge in [-0.25, -0.2) is 0 Å². The lowest BCUT2D eigenvalue weighted by molar-refractivity contribution is 0.397. The number of hydrogen-bond donors (Lipinski definition) is 1. The Balaban J connectivity index is 2.12. The van der Waals surface area contributed by atoms with Crippen molar-refractivity contribution in [2.75, 3.05) is 33.7 Å². The van der Waals surface area contributed by atoms with Gasteiger partial charge in [-0.3, -0.25) is 0 Å². The Labute approximate surface area is 75.3 Å². The number of likely N-dealkylation sites (tertiary alicyclic amines) is 1. The SMILES string of the molecule is CNCC#CCC1CCN(C)C1. The van der Waals surface area contributed by atoms with E-state index in [2.05, 4.69) is 29.1 Å². The third-order valence-corrected chi connectivity index (χ3v) is 2.27. The normalized spacial score (nSPS) is 23.7. The molecule has 1 saturated heterocycles. The highest BCUT2D eigenvalue weighted by Crippen LogP contribution is 2.16. The van der Waals surface area contributed by atoms with Crippen molar-refractivity contribution in [2.45, 2.75) is 12.8 Å². The Morgan fingerprint density at radius 3 is 2.92 bits per heavy atom. The Bertz CT molecular complexity index is 178. The molecule has 2 heteroatoms. The molecular weight excluding hydrogens is 148 g/mol. The van der Waals surface area contributed by atoms with Crippen molar-refractivity contribution in [1.29, 1.82) is 0 Å². The smallest absolute Gasteiger partial charge is 0.0574 e. The molecule has 0 aromatic carbocycles. The molecule has 0 radical (unpaired) electrons. The minimum absolute atomic E-state index is 0.819. The van der Waals surface area contributed by atoms with E-state index in [4.69, 9.17) is 0 Å². The quantitative estimate of drug-likeness (QED) is 0.603. The van der Waals surface area contributed by atoms with Gasteiger partial charge in [0.05, 0.1) is 6.54 Å². The number of nitrogens with zero attached hydrogens (tertiary/aromatic N) is 1. The molecule has 1 atom stereocenters. The van der Waals surface area contributed by atoms with Crippen molar-refractivity contribution < 1.29 is 0 Å². The van der Waals surface area contributed by atoms with Crippen LogP contribution < -0.4 is 5.32 Å². The third-order valence-electron chi connectivity index (χ3n) is 2.27. The summed E-state index contributed by atoms with van der Waals surface area (Å²) in [6.45, 7) is 3.30. The molecule has 1 unspecified atom stereocenters. The zero-order chi connectivity index (χ0) is 8.81. The van der Waals surface area contributed by atoms with Gasteiger partial charge >= 0.3 is 0 Å². The van der Waals surface area contributed by atoms with Crippen molar-refractivity contribution in [3.63, 3.8) is 0 Å². The van der Waals surface area contributed by atoms with Gasteiger partial charge in [0, 0.05) is 13.0 Å². The Morgan fingerprint density at radius 1 is 1.50 bits per heavy atom. The Morgan fingerprint density at radius 2 is 2.33 bits per heavy atom. The molecule has 68 valence electrons. The molecule has 2 nitrogen and oxygen atoms in total. The topological polar surface area (TPSA) is 15.3 Å². The molecule has 0 aromatic heterocycles. The van der Waals surface area contributed by atoms with E-state index >= 15 is 0 Å². The van der Waals surface area contributed by atoms with Crippen molar-refractivity contribution >= 4 is 0 Å². The van der Waals surface area contributed by atoms with Crippen LogP contribution in [0, 0.1) is 17.8 Å². The molecular formula is C10H18N2. The molecule has 1 rings (SSSR count). The summed E-state index contributed by atoms with van der Waals surface area (Å²) < 4.78 is 0. The minimum atomic E-state index is 0.819. The van der Waals surface area contributed by atoms with E-state index in [1.807, 2.05) is 7.05 Å². The number of rotatable bonds is 2. The predicted octanol–water partition coefficient (Wildman–Crippen LogP) is 0.551.